The van der Waals surface area contributed by atoms with Crippen LogP contribution in [0.4, 0.5) is 0 Å². The van der Waals surface area contributed by atoms with E-state index < -0.39 is 0 Å². The second-order valence-corrected chi connectivity index (χ2v) is 4.96. The molecule has 0 saturated heterocycles. The minimum Gasteiger partial charge on any atom is -0.492 e. The van der Waals surface area contributed by atoms with Gasteiger partial charge in [0.15, 0.2) is 0 Å². The van der Waals surface area contributed by atoms with Gasteiger partial charge in [-0.2, -0.15) is 5.26 Å². The Balaban J connectivity index is 1.48. The summed E-state index contributed by atoms with van der Waals surface area (Å²) >= 11 is 0. The van der Waals surface area contributed by atoms with Gasteiger partial charge in [0.05, 0.1) is 11.6 Å². The van der Waals surface area contributed by atoms with Gasteiger partial charge in [0.1, 0.15) is 12.4 Å². The predicted octanol–water partition coefficient (Wildman–Crippen LogP) is 2.95. The lowest BCUT2D eigenvalue weighted by molar-refractivity contribution is 0.211. The number of hydrogen-bond donors (Lipinski definition) is 0. The van der Waals surface area contributed by atoms with Crippen molar-refractivity contribution in [2.24, 2.45) is 0 Å². The van der Waals surface area contributed by atoms with Crippen molar-refractivity contribution in [3.63, 3.8) is 0 Å². The van der Waals surface area contributed by atoms with E-state index in [1.54, 1.807) is 12.1 Å². The van der Waals surface area contributed by atoms with Crippen LogP contribution in [0.1, 0.15) is 16.7 Å². The Bertz CT molecular complexity index is 603. The maximum Gasteiger partial charge on any atom is 0.119 e. The molecule has 0 aromatic heterocycles. The van der Waals surface area contributed by atoms with Crippen molar-refractivity contribution in [3.05, 3.63) is 65.2 Å². The van der Waals surface area contributed by atoms with Crippen LogP contribution in [0.15, 0.2) is 48.5 Å². The summed E-state index contributed by atoms with van der Waals surface area (Å²) < 4.78 is 5.72. The molecule has 0 aliphatic carbocycles. The summed E-state index contributed by atoms with van der Waals surface area (Å²) in [6.45, 7) is 3.59. The first kappa shape index (κ1) is 12.7. The van der Waals surface area contributed by atoms with E-state index >= 15 is 0 Å². The number of nitrogens with zero attached hydrogens (tertiary/aromatic N) is 2. The first-order chi connectivity index (χ1) is 9.85. The molecule has 20 heavy (non-hydrogen) atoms. The van der Waals surface area contributed by atoms with Crippen molar-refractivity contribution in [2.45, 2.75) is 13.1 Å². The Morgan fingerprint density at radius 1 is 1.00 bits per heavy atom. The van der Waals surface area contributed by atoms with Crippen molar-refractivity contribution >= 4 is 0 Å². The van der Waals surface area contributed by atoms with Gasteiger partial charge in [0, 0.05) is 19.6 Å². The van der Waals surface area contributed by atoms with E-state index in [-0.39, 0.29) is 0 Å². The number of benzene rings is 2. The highest BCUT2D eigenvalue weighted by Gasteiger charge is 2.17. The molecule has 100 valence electrons. The van der Waals surface area contributed by atoms with Crippen LogP contribution in [-0.4, -0.2) is 18.1 Å². The fourth-order valence-corrected chi connectivity index (χ4v) is 2.48. The average molecular weight is 264 g/mol. The maximum atomic E-state index is 8.74. The Morgan fingerprint density at radius 2 is 1.65 bits per heavy atom. The lowest BCUT2D eigenvalue weighted by atomic mass is 10.1. The highest BCUT2D eigenvalue weighted by atomic mass is 16.5. The van der Waals surface area contributed by atoms with Gasteiger partial charge in [-0.05, 0) is 35.4 Å². The van der Waals surface area contributed by atoms with Crippen LogP contribution >= 0.6 is 0 Å². The first-order valence-corrected chi connectivity index (χ1v) is 6.77. The number of hydrogen-bond acceptors (Lipinski definition) is 3. The molecule has 3 rings (SSSR count). The third kappa shape index (κ3) is 2.81. The third-order valence-corrected chi connectivity index (χ3v) is 3.57. The quantitative estimate of drug-likeness (QED) is 0.851. The average Bonchev–Trinajstić information content (AvgIpc) is 2.90. The number of rotatable bonds is 4. The van der Waals surface area contributed by atoms with Gasteiger partial charge in [0.2, 0.25) is 0 Å². The fourth-order valence-electron chi connectivity index (χ4n) is 2.48. The fraction of sp³-hybridized carbons (Fsp3) is 0.235. The molecule has 0 bridgehead atoms. The van der Waals surface area contributed by atoms with E-state index in [9.17, 15) is 0 Å². The first-order valence-electron chi connectivity index (χ1n) is 6.77. The molecular weight excluding hydrogens is 248 g/mol. The van der Waals surface area contributed by atoms with E-state index in [1.165, 1.54) is 11.1 Å². The van der Waals surface area contributed by atoms with Crippen LogP contribution in [-0.2, 0) is 13.1 Å². The summed E-state index contributed by atoms with van der Waals surface area (Å²) in [5.41, 5.74) is 3.50. The highest BCUT2D eigenvalue weighted by molar-refractivity contribution is 5.34. The SMILES string of the molecule is N#Cc1ccc(OCCN2Cc3ccccc3C2)cc1. The number of fused-ring (bicyclic) bond motifs is 1. The summed E-state index contributed by atoms with van der Waals surface area (Å²) in [6.07, 6.45) is 0. The molecular formula is C17H16N2O. The van der Waals surface area contributed by atoms with Crippen molar-refractivity contribution < 1.29 is 4.74 Å². The summed E-state index contributed by atoms with van der Waals surface area (Å²) in [7, 11) is 0. The zero-order chi connectivity index (χ0) is 13.8. The van der Waals surface area contributed by atoms with Crippen molar-refractivity contribution in [3.8, 4) is 11.8 Å². The van der Waals surface area contributed by atoms with Crippen LogP contribution in [0.3, 0.4) is 0 Å². The van der Waals surface area contributed by atoms with Crippen LogP contribution in [0.5, 0.6) is 5.75 Å². The molecule has 3 heteroatoms. The zero-order valence-corrected chi connectivity index (χ0v) is 11.2. The van der Waals surface area contributed by atoms with E-state index in [1.807, 2.05) is 12.1 Å². The minimum absolute atomic E-state index is 0.660. The normalized spacial score (nSPS) is 13.8. The number of nitriles is 1. The van der Waals surface area contributed by atoms with Crippen molar-refractivity contribution in [2.75, 3.05) is 13.2 Å². The standard InChI is InChI=1S/C17H16N2O/c18-11-14-5-7-17(8-6-14)20-10-9-19-12-15-3-1-2-4-16(15)13-19/h1-8H,9-10,12-13H2. The second-order valence-electron chi connectivity index (χ2n) is 4.96. The molecule has 0 unspecified atom stereocenters. The molecule has 1 aliphatic heterocycles. The lowest BCUT2D eigenvalue weighted by Gasteiger charge is -2.15. The molecule has 0 saturated carbocycles. The van der Waals surface area contributed by atoms with Crippen molar-refractivity contribution in [1.82, 2.24) is 4.90 Å². The monoisotopic (exact) mass is 264 g/mol. The molecule has 0 radical (unpaired) electrons. The van der Waals surface area contributed by atoms with Gasteiger partial charge in [-0.3, -0.25) is 4.90 Å². The molecule has 1 aliphatic rings. The van der Waals surface area contributed by atoms with Gasteiger partial charge in [-0.25, -0.2) is 0 Å². The Kier molecular flexibility index (Phi) is 3.67. The highest BCUT2D eigenvalue weighted by Crippen LogP contribution is 2.21. The van der Waals surface area contributed by atoms with Crippen LogP contribution in [0.25, 0.3) is 0 Å². The van der Waals surface area contributed by atoms with Crippen LogP contribution in [0, 0.1) is 11.3 Å². The topological polar surface area (TPSA) is 36.3 Å². The molecule has 2 aromatic carbocycles. The molecule has 0 spiro atoms. The molecule has 0 N–H and O–H groups in total. The van der Waals surface area contributed by atoms with Crippen molar-refractivity contribution in [1.29, 1.82) is 5.26 Å². The Morgan fingerprint density at radius 3 is 2.25 bits per heavy atom. The van der Waals surface area contributed by atoms with Gasteiger partial charge in [0.25, 0.3) is 0 Å². The molecule has 0 amide bonds. The molecule has 1 heterocycles. The molecule has 0 atom stereocenters. The molecule has 2 aromatic rings. The van der Waals surface area contributed by atoms with Gasteiger partial charge in [-0.1, -0.05) is 24.3 Å². The summed E-state index contributed by atoms with van der Waals surface area (Å²) in [5.74, 6) is 0.820. The Hall–Kier alpha value is -2.31. The Labute approximate surface area is 119 Å². The number of ether oxygens (including phenoxy) is 1. The van der Waals surface area contributed by atoms with Crippen LogP contribution in [0.2, 0.25) is 0 Å². The predicted molar refractivity (Wildman–Crippen MR) is 77.2 cm³/mol. The van der Waals surface area contributed by atoms with Gasteiger partial charge >= 0.3 is 0 Å². The zero-order valence-electron chi connectivity index (χ0n) is 11.2. The van der Waals surface area contributed by atoms with E-state index in [0.29, 0.717) is 12.2 Å². The largest absolute Gasteiger partial charge is 0.492 e. The summed E-state index contributed by atoms with van der Waals surface area (Å²) in [6, 6.07) is 17.9. The third-order valence-electron chi connectivity index (χ3n) is 3.57. The second kappa shape index (κ2) is 5.77. The summed E-state index contributed by atoms with van der Waals surface area (Å²) in [5, 5.41) is 8.74. The van der Waals surface area contributed by atoms with E-state index in [0.717, 1.165) is 25.4 Å². The minimum atomic E-state index is 0.660. The van der Waals surface area contributed by atoms with Gasteiger partial charge < -0.3 is 4.74 Å². The van der Waals surface area contributed by atoms with E-state index in [4.69, 9.17) is 10.00 Å². The summed E-state index contributed by atoms with van der Waals surface area (Å²) in [4.78, 5) is 2.38. The molecule has 3 nitrogen and oxygen atoms in total. The lowest BCUT2D eigenvalue weighted by Crippen LogP contribution is -2.22. The smallest absolute Gasteiger partial charge is 0.119 e. The van der Waals surface area contributed by atoms with Gasteiger partial charge in [-0.15, -0.1) is 0 Å². The maximum absolute atomic E-state index is 8.74. The van der Waals surface area contributed by atoms with Crippen LogP contribution < -0.4 is 4.74 Å². The molecule has 0 fully saturated rings. The van der Waals surface area contributed by atoms with E-state index in [2.05, 4.69) is 35.2 Å².